The van der Waals surface area contributed by atoms with Gasteiger partial charge in [0.25, 0.3) is 5.91 Å². The SMILES string of the molecule is O=C1NCCN(C(=O)c2ccc(Cl)c(S(=O)(=O)N3CCC(Cc4ccccc4)CC3)c2)C1c1ccc(Br)cc1. The molecule has 0 bridgehead atoms. The first-order valence-electron chi connectivity index (χ1n) is 12.9. The number of piperazine rings is 1. The lowest BCUT2D eigenvalue weighted by atomic mass is 9.91. The van der Waals surface area contributed by atoms with Crippen molar-refractivity contribution in [3.63, 3.8) is 0 Å². The highest BCUT2D eigenvalue weighted by atomic mass is 79.9. The van der Waals surface area contributed by atoms with Crippen LogP contribution >= 0.6 is 27.5 Å². The Balaban J connectivity index is 1.35. The number of nitrogens with one attached hydrogen (secondary N) is 1. The van der Waals surface area contributed by atoms with Crippen LogP contribution in [-0.4, -0.2) is 55.6 Å². The number of carbonyl (C=O) groups is 2. The minimum Gasteiger partial charge on any atom is -0.352 e. The Hall–Kier alpha value is -2.72. The van der Waals surface area contributed by atoms with Gasteiger partial charge in [-0.05, 0) is 66.6 Å². The summed E-state index contributed by atoms with van der Waals surface area (Å²) in [7, 11) is -3.91. The highest BCUT2D eigenvalue weighted by Crippen LogP contribution is 2.32. The van der Waals surface area contributed by atoms with Crippen molar-refractivity contribution in [3.05, 3.63) is 99.0 Å². The molecule has 2 heterocycles. The van der Waals surface area contributed by atoms with E-state index in [2.05, 4.69) is 33.4 Å². The van der Waals surface area contributed by atoms with Gasteiger partial charge in [0.1, 0.15) is 10.9 Å². The van der Waals surface area contributed by atoms with Gasteiger partial charge in [-0.3, -0.25) is 9.59 Å². The van der Waals surface area contributed by atoms with E-state index in [0.29, 0.717) is 37.7 Å². The zero-order valence-corrected chi connectivity index (χ0v) is 24.4. The predicted octanol–water partition coefficient (Wildman–Crippen LogP) is 5.06. The molecule has 1 atom stereocenters. The van der Waals surface area contributed by atoms with Crippen molar-refractivity contribution >= 4 is 49.4 Å². The number of piperidine rings is 1. The third-order valence-corrected chi connectivity index (χ3v) is 10.3. The second-order valence-corrected chi connectivity index (χ2v) is 13.2. The van der Waals surface area contributed by atoms with Gasteiger partial charge in [-0.25, -0.2) is 8.42 Å². The molecular formula is C29H29BrClN3O4S. The summed E-state index contributed by atoms with van der Waals surface area (Å²) in [6.45, 7) is 1.40. The number of halogens is 2. The van der Waals surface area contributed by atoms with Crippen molar-refractivity contribution in [1.82, 2.24) is 14.5 Å². The summed E-state index contributed by atoms with van der Waals surface area (Å²) in [5, 5.41) is 2.89. The third kappa shape index (κ3) is 6.06. The number of sulfonamides is 1. The average molecular weight is 631 g/mol. The number of rotatable bonds is 6. The lowest BCUT2D eigenvalue weighted by Crippen LogP contribution is -2.52. The van der Waals surface area contributed by atoms with Crippen molar-refractivity contribution in [2.75, 3.05) is 26.2 Å². The van der Waals surface area contributed by atoms with Gasteiger partial charge in [0.15, 0.2) is 0 Å². The number of nitrogens with zero attached hydrogens (tertiary/aromatic N) is 2. The molecule has 2 saturated heterocycles. The van der Waals surface area contributed by atoms with Crippen molar-refractivity contribution in [2.45, 2.75) is 30.2 Å². The fourth-order valence-electron chi connectivity index (χ4n) is 5.30. The number of hydrogen-bond donors (Lipinski definition) is 1. The van der Waals surface area contributed by atoms with Crippen molar-refractivity contribution in [3.8, 4) is 0 Å². The largest absolute Gasteiger partial charge is 0.352 e. The second kappa shape index (κ2) is 11.8. The van der Waals surface area contributed by atoms with Crippen LogP contribution in [0.4, 0.5) is 0 Å². The van der Waals surface area contributed by atoms with E-state index in [1.165, 1.54) is 33.0 Å². The summed E-state index contributed by atoms with van der Waals surface area (Å²) >= 11 is 9.78. The lowest BCUT2D eigenvalue weighted by Gasteiger charge is -2.35. The van der Waals surface area contributed by atoms with Gasteiger partial charge >= 0.3 is 0 Å². The highest BCUT2D eigenvalue weighted by molar-refractivity contribution is 9.10. The molecule has 0 saturated carbocycles. The maximum atomic E-state index is 13.7. The van der Waals surface area contributed by atoms with Crippen LogP contribution in [0.25, 0.3) is 0 Å². The summed E-state index contributed by atoms with van der Waals surface area (Å²) in [6.07, 6.45) is 2.42. The van der Waals surface area contributed by atoms with Gasteiger partial charge in [0, 0.05) is 36.2 Å². The van der Waals surface area contributed by atoms with Crippen LogP contribution < -0.4 is 5.32 Å². The smallest absolute Gasteiger partial charge is 0.254 e. The Morgan fingerprint density at radius 1 is 0.974 bits per heavy atom. The molecule has 0 radical (unpaired) electrons. The Morgan fingerprint density at radius 2 is 1.67 bits per heavy atom. The molecule has 0 aromatic heterocycles. The second-order valence-electron chi connectivity index (χ2n) is 9.93. The maximum Gasteiger partial charge on any atom is 0.254 e. The quantitative estimate of drug-likeness (QED) is 0.413. The highest BCUT2D eigenvalue weighted by Gasteiger charge is 2.36. The Bertz CT molecular complexity index is 1460. The van der Waals surface area contributed by atoms with Crippen molar-refractivity contribution in [2.24, 2.45) is 5.92 Å². The predicted molar refractivity (Wildman–Crippen MR) is 154 cm³/mol. The zero-order valence-electron chi connectivity index (χ0n) is 21.2. The molecule has 0 aliphatic carbocycles. The molecule has 204 valence electrons. The van der Waals surface area contributed by atoms with E-state index in [1.54, 1.807) is 12.1 Å². The molecule has 2 aliphatic heterocycles. The fraction of sp³-hybridized carbons (Fsp3) is 0.310. The monoisotopic (exact) mass is 629 g/mol. The molecule has 2 fully saturated rings. The first-order chi connectivity index (χ1) is 18.7. The van der Waals surface area contributed by atoms with E-state index in [1.807, 2.05) is 30.3 Å². The van der Waals surface area contributed by atoms with E-state index >= 15 is 0 Å². The van der Waals surface area contributed by atoms with E-state index in [9.17, 15) is 18.0 Å². The normalized spacial score (nSPS) is 19.1. The fourth-order valence-corrected chi connectivity index (χ4v) is 7.54. The standard InChI is InChI=1S/C29H29BrClN3O4S/c30-24-9-6-22(7-10-24)27-28(35)32-14-17-34(27)29(36)23-8-11-25(31)26(19-23)39(37,38)33-15-12-21(13-16-33)18-20-4-2-1-3-5-20/h1-11,19,21,27H,12-18H2,(H,32,35). The zero-order chi connectivity index (χ0) is 27.6. The molecule has 7 nitrogen and oxygen atoms in total. The molecular weight excluding hydrogens is 602 g/mol. The van der Waals surface area contributed by atoms with E-state index in [4.69, 9.17) is 11.6 Å². The molecule has 3 aromatic carbocycles. The summed E-state index contributed by atoms with van der Waals surface area (Å²) in [5.74, 6) is -0.299. The molecule has 0 spiro atoms. The van der Waals surface area contributed by atoms with Crippen LogP contribution in [0.3, 0.4) is 0 Å². The van der Waals surface area contributed by atoms with E-state index in [0.717, 1.165) is 23.7 Å². The summed E-state index contributed by atoms with van der Waals surface area (Å²) in [4.78, 5) is 27.9. The van der Waals surface area contributed by atoms with Crippen molar-refractivity contribution < 1.29 is 18.0 Å². The van der Waals surface area contributed by atoms with Gasteiger partial charge in [0.2, 0.25) is 15.9 Å². The van der Waals surface area contributed by atoms with Crippen LogP contribution in [0.5, 0.6) is 0 Å². The molecule has 2 amide bonds. The Morgan fingerprint density at radius 3 is 2.36 bits per heavy atom. The van der Waals surface area contributed by atoms with Gasteiger partial charge in [-0.1, -0.05) is 70.0 Å². The summed E-state index contributed by atoms with van der Waals surface area (Å²) in [6, 6.07) is 20.9. The average Bonchev–Trinajstić information content (AvgIpc) is 2.94. The van der Waals surface area contributed by atoms with Crippen LogP contribution in [0.15, 0.2) is 82.2 Å². The molecule has 5 rings (SSSR count). The first-order valence-corrected chi connectivity index (χ1v) is 15.5. The van der Waals surface area contributed by atoms with Crippen LogP contribution in [-0.2, 0) is 21.2 Å². The van der Waals surface area contributed by atoms with Crippen LogP contribution in [0.2, 0.25) is 5.02 Å². The number of benzene rings is 3. The molecule has 39 heavy (non-hydrogen) atoms. The maximum absolute atomic E-state index is 13.7. The van der Waals surface area contributed by atoms with E-state index < -0.39 is 22.0 Å². The van der Waals surface area contributed by atoms with Gasteiger partial charge in [-0.2, -0.15) is 4.31 Å². The lowest BCUT2D eigenvalue weighted by molar-refractivity contribution is -0.128. The molecule has 2 aliphatic rings. The molecule has 3 aromatic rings. The molecule has 10 heteroatoms. The number of carbonyl (C=O) groups excluding carboxylic acids is 2. The Labute approximate surface area is 242 Å². The van der Waals surface area contributed by atoms with Gasteiger partial charge in [-0.15, -0.1) is 0 Å². The summed E-state index contributed by atoms with van der Waals surface area (Å²) < 4.78 is 29.6. The minimum atomic E-state index is -3.91. The van der Waals surface area contributed by atoms with Gasteiger partial charge in [0.05, 0.1) is 5.02 Å². The van der Waals surface area contributed by atoms with Crippen molar-refractivity contribution in [1.29, 1.82) is 0 Å². The molecule has 1 unspecified atom stereocenters. The van der Waals surface area contributed by atoms with Crippen LogP contribution in [0, 0.1) is 5.92 Å². The first kappa shape index (κ1) is 27.8. The topological polar surface area (TPSA) is 86.8 Å². The van der Waals surface area contributed by atoms with Crippen LogP contribution in [0.1, 0.15) is 40.4 Å². The number of amides is 2. The third-order valence-electron chi connectivity index (χ3n) is 7.40. The minimum absolute atomic E-state index is 0.0683. The Kier molecular flexibility index (Phi) is 8.42. The van der Waals surface area contributed by atoms with Gasteiger partial charge < -0.3 is 10.2 Å². The number of hydrogen-bond acceptors (Lipinski definition) is 4. The van der Waals surface area contributed by atoms with E-state index in [-0.39, 0.29) is 21.4 Å². The summed E-state index contributed by atoms with van der Waals surface area (Å²) in [5.41, 5.74) is 2.10. The molecule has 1 N–H and O–H groups in total.